The van der Waals surface area contributed by atoms with Crippen LogP contribution in [0.2, 0.25) is 0 Å². The number of fused-ring (bicyclic) bond motifs is 1. The molecule has 188 valence electrons. The van der Waals surface area contributed by atoms with Crippen LogP contribution in [0.5, 0.6) is 0 Å². The van der Waals surface area contributed by atoms with E-state index in [0.717, 1.165) is 59.1 Å². The number of H-pyrrole nitrogens is 1. The molecule has 0 aliphatic heterocycles. The number of rotatable bonds is 9. The largest absolute Gasteiger partial charge is 0.497 e. The minimum atomic E-state index is -0.342. The molecule has 0 saturated heterocycles. The zero-order valence-corrected chi connectivity index (χ0v) is 21.9. The van der Waals surface area contributed by atoms with Crippen LogP contribution in [-0.2, 0) is 9.47 Å². The molecule has 3 rings (SSSR count). The molecule has 0 spiro atoms. The highest BCUT2D eigenvalue weighted by atomic mass is 16.5. The van der Waals surface area contributed by atoms with Gasteiger partial charge in [-0.25, -0.2) is 4.79 Å². The number of hydrogen-bond donors (Lipinski definition) is 1. The van der Waals surface area contributed by atoms with Gasteiger partial charge in [-0.15, -0.1) is 0 Å². The van der Waals surface area contributed by atoms with Crippen molar-refractivity contribution in [1.82, 2.24) is 4.98 Å². The maximum atomic E-state index is 12.3. The SMILES string of the molecule is C=C/C(=C\C=C1/CCCCC(C(=C/C=C\C)/C(=C)C)=C1c1ccc2[nH]c(C(=O)OCC)cc2c1)OC. The lowest BCUT2D eigenvalue weighted by molar-refractivity contribution is 0.0520. The highest BCUT2D eigenvalue weighted by molar-refractivity contribution is 5.97. The van der Waals surface area contributed by atoms with E-state index in [-0.39, 0.29) is 5.97 Å². The van der Waals surface area contributed by atoms with Gasteiger partial charge in [-0.1, -0.05) is 49.1 Å². The Balaban J connectivity index is 2.29. The van der Waals surface area contributed by atoms with Gasteiger partial charge >= 0.3 is 5.97 Å². The van der Waals surface area contributed by atoms with Crippen LogP contribution in [0.1, 0.15) is 62.5 Å². The van der Waals surface area contributed by atoms with Crippen molar-refractivity contribution in [3.05, 3.63) is 113 Å². The molecule has 36 heavy (non-hydrogen) atoms. The summed E-state index contributed by atoms with van der Waals surface area (Å²) in [4.78, 5) is 15.5. The summed E-state index contributed by atoms with van der Waals surface area (Å²) in [5, 5.41) is 0.972. The number of ether oxygens (including phenoxy) is 2. The van der Waals surface area contributed by atoms with Gasteiger partial charge in [0, 0.05) is 10.9 Å². The number of aromatic nitrogens is 1. The van der Waals surface area contributed by atoms with Gasteiger partial charge in [0.15, 0.2) is 0 Å². The average molecular weight is 484 g/mol. The van der Waals surface area contributed by atoms with E-state index in [0.29, 0.717) is 12.3 Å². The van der Waals surface area contributed by atoms with Crippen molar-refractivity contribution in [2.75, 3.05) is 13.7 Å². The van der Waals surface area contributed by atoms with Crippen LogP contribution in [0.25, 0.3) is 16.5 Å². The molecule has 1 N–H and O–H groups in total. The highest BCUT2D eigenvalue weighted by Crippen LogP contribution is 2.41. The van der Waals surface area contributed by atoms with E-state index in [1.807, 2.05) is 38.1 Å². The first-order chi connectivity index (χ1) is 17.4. The molecule has 4 nitrogen and oxygen atoms in total. The Labute approximate surface area is 215 Å². The van der Waals surface area contributed by atoms with Gasteiger partial charge in [-0.3, -0.25) is 0 Å². The molecule has 1 aliphatic rings. The number of benzene rings is 1. The number of allylic oxidation sites excluding steroid dienone is 11. The first-order valence-electron chi connectivity index (χ1n) is 12.5. The molecule has 0 atom stereocenters. The van der Waals surface area contributed by atoms with Gasteiger partial charge in [-0.05, 0) is 105 Å². The highest BCUT2D eigenvalue weighted by Gasteiger charge is 2.21. The van der Waals surface area contributed by atoms with Crippen molar-refractivity contribution in [2.24, 2.45) is 0 Å². The fourth-order valence-corrected chi connectivity index (χ4v) is 4.56. The Kier molecular flexibility index (Phi) is 9.52. The average Bonchev–Trinajstić information content (AvgIpc) is 3.19. The van der Waals surface area contributed by atoms with E-state index >= 15 is 0 Å². The second-order valence-corrected chi connectivity index (χ2v) is 8.82. The molecule has 4 heteroatoms. The molecule has 0 fully saturated rings. The number of carbonyl (C=O) groups excluding carboxylic acids is 1. The molecular weight excluding hydrogens is 446 g/mol. The third-order valence-electron chi connectivity index (χ3n) is 6.28. The normalized spacial score (nSPS) is 16.5. The number of methoxy groups -OCH3 is 1. The van der Waals surface area contributed by atoms with E-state index in [1.165, 1.54) is 16.7 Å². The van der Waals surface area contributed by atoms with Gasteiger partial charge in [0.05, 0.1) is 13.7 Å². The summed E-state index contributed by atoms with van der Waals surface area (Å²) in [6.45, 7) is 14.4. The summed E-state index contributed by atoms with van der Waals surface area (Å²) in [5.74, 6) is 0.378. The third-order valence-corrected chi connectivity index (χ3v) is 6.28. The molecule has 0 bridgehead atoms. The predicted molar refractivity (Wildman–Crippen MR) is 151 cm³/mol. The molecule has 0 saturated carbocycles. The van der Waals surface area contributed by atoms with E-state index in [1.54, 1.807) is 13.2 Å². The monoisotopic (exact) mass is 483 g/mol. The zero-order chi connectivity index (χ0) is 26.1. The molecule has 0 unspecified atom stereocenters. The predicted octanol–water partition coefficient (Wildman–Crippen LogP) is 8.39. The van der Waals surface area contributed by atoms with Crippen LogP contribution in [0, 0.1) is 0 Å². The Morgan fingerprint density at radius 2 is 1.94 bits per heavy atom. The molecule has 0 amide bonds. The van der Waals surface area contributed by atoms with E-state index in [4.69, 9.17) is 9.47 Å². The Morgan fingerprint density at radius 1 is 1.17 bits per heavy atom. The van der Waals surface area contributed by atoms with Crippen molar-refractivity contribution in [2.45, 2.75) is 46.5 Å². The summed E-state index contributed by atoms with van der Waals surface area (Å²) in [5.41, 5.74) is 8.42. The van der Waals surface area contributed by atoms with E-state index in [2.05, 4.69) is 55.4 Å². The maximum absolute atomic E-state index is 12.3. The maximum Gasteiger partial charge on any atom is 0.354 e. The molecule has 0 radical (unpaired) electrons. The minimum Gasteiger partial charge on any atom is -0.497 e. The number of aromatic amines is 1. The fraction of sp³-hybridized carbons (Fsp3) is 0.281. The fourth-order valence-electron chi connectivity index (χ4n) is 4.56. The van der Waals surface area contributed by atoms with Crippen molar-refractivity contribution in [3.63, 3.8) is 0 Å². The smallest absolute Gasteiger partial charge is 0.354 e. The molecule has 1 aliphatic carbocycles. The van der Waals surface area contributed by atoms with Crippen molar-refractivity contribution in [1.29, 1.82) is 0 Å². The van der Waals surface area contributed by atoms with Crippen LogP contribution in [0.4, 0.5) is 0 Å². The molecular formula is C32H37NO3. The molecule has 1 aromatic heterocycles. The number of esters is 1. The molecule has 2 aromatic rings. The Bertz CT molecular complexity index is 1290. The first kappa shape index (κ1) is 26.8. The lowest BCUT2D eigenvalue weighted by atomic mass is 9.85. The second-order valence-electron chi connectivity index (χ2n) is 8.82. The lowest BCUT2D eigenvalue weighted by Gasteiger charge is -2.19. The summed E-state index contributed by atoms with van der Waals surface area (Å²) in [6.07, 6.45) is 16.2. The van der Waals surface area contributed by atoms with E-state index in [9.17, 15) is 4.79 Å². The Morgan fingerprint density at radius 3 is 2.61 bits per heavy atom. The lowest BCUT2D eigenvalue weighted by Crippen LogP contribution is -2.04. The van der Waals surface area contributed by atoms with Crippen molar-refractivity contribution < 1.29 is 14.3 Å². The third kappa shape index (κ3) is 6.25. The van der Waals surface area contributed by atoms with Crippen molar-refractivity contribution >= 4 is 22.4 Å². The first-order valence-corrected chi connectivity index (χ1v) is 12.5. The van der Waals surface area contributed by atoms with Crippen LogP contribution < -0.4 is 0 Å². The quantitative estimate of drug-likeness (QED) is 0.221. The van der Waals surface area contributed by atoms with Crippen LogP contribution in [0.3, 0.4) is 0 Å². The summed E-state index contributed by atoms with van der Waals surface area (Å²) < 4.78 is 10.6. The van der Waals surface area contributed by atoms with Gasteiger partial charge in [-0.2, -0.15) is 0 Å². The number of carbonyl (C=O) groups is 1. The number of hydrogen-bond acceptors (Lipinski definition) is 3. The van der Waals surface area contributed by atoms with Gasteiger partial charge in [0.2, 0.25) is 0 Å². The molecule has 1 aromatic carbocycles. The van der Waals surface area contributed by atoms with Crippen LogP contribution in [-0.4, -0.2) is 24.7 Å². The standard InChI is InChI=1S/C32H37NO3/c1-7-10-14-27(22(4)5)28-15-12-11-13-23(16-18-26(8-2)35-6)31(28)24-17-19-29-25(20-24)21-30(33-29)32(34)36-9-3/h7-8,10,14,16-21,33H,2,4,9,11-13,15H2,1,3,5-6H3/b10-7-,23-16+,26-18+,27-14+. The second kappa shape index (κ2) is 12.8. The zero-order valence-electron chi connectivity index (χ0n) is 21.9. The summed E-state index contributed by atoms with van der Waals surface area (Å²) in [6, 6.07) is 8.19. The van der Waals surface area contributed by atoms with Gasteiger partial charge in [0.25, 0.3) is 0 Å². The summed E-state index contributed by atoms with van der Waals surface area (Å²) in [7, 11) is 1.65. The Hall–Kier alpha value is -3.79. The van der Waals surface area contributed by atoms with Gasteiger partial charge < -0.3 is 14.5 Å². The van der Waals surface area contributed by atoms with E-state index < -0.39 is 0 Å². The molecule has 1 heterocycles. The van der Waals surface area contributed by atoms with Crippen LogP contribution in [0.15, 0.2) is 102 Å². The minimum absolute atomic E-state index is 0.341. The summed E-state index contributed by atoms with van der Waals surface area (Å²) >= 11 is 0. The van der Waals surface area contributed by atoms with Crippen molar-refractivity contribution in [3.8, 4) is 0 Å². The van der Waals surface area contributed by atoms with Crippen LogP contribution >= 0.6 is 0 Å². The van der Waals surface area contributed by atoms with Gasteiger partial charge in [0.1, 0.15) is 11.5 Å². The number of nitrogens with one attached hydrogen (secondary N) is 1. The topological polar surface area (TPSA) is 51.3 Å².